The molecule has 0 saturated heterocycles. The van der Waals surface area contributed by atoms with Gasteiger partial charge >= 0.3 is 5.97 Å². The van der Waals surface area contributed by atoms with Crippen LogP contribution in [-0.2, 0) is 4.79 Å². The summed E-state index contributed by atoms with van der Waals surface area (Å²) in [5.41, 5.74) is 5.55. The zero-order chi connectivity index (χ0) is 11.6. The Morgan fingerprint density at radius 2 is 1.79 bits per heavy atom. The molecule has 3 N–H and O–H groups in total. The van der Waals surface area contributed by atoms with Crippen molar-refractivity contribution in [1.29, 1.82) is 0 Å². The number of aliphatic carboxylic acids is 1. The third-order valence-corrected chi connectivity index (χ3v) is 2.03. The van der Waals surface area contributed by atoms with Crippen LogP contribution in [0.3, 0.4) is 0 Å². The van der Waals surface area contributed by atoms with Crippen LogP contribution in [0.1, 0.15) is 41.0 Å². The first-order chi connectivity index (χ1) is 6.10. The smallest absolute Gasteiger partial charge is 0.333 e. The minimum absolute atomic E-state index is 0.0210. The van der Waals surface area contributed by atoms with Crippen LogP contribution in [0.15, 0.2) is 11.6 Å². The zero-order valence-electron chi connectivity index (χ0n) is 9.72. The van der Waals surface area contributed by atoms with Crippen molar-refractivity contribution < 1.29 is 9.90 Å². The lowest BCUT2D eigenvalue weighted by atomic mass is 9.77. The Balaban J connectivity index is 4.86. The molecule has 3 heteroatoms. The molecule has 0 rings (SSSR count). The van der Waals surface area contributed by atoms with Crippen molar-refractivity contribution in [1.82, 2.24) is 0 Å². The van der Waals surface area contributed by atoms with Gasteiger partial charge in [-0.25, -0.2) is 4.79 Å². The molecule has 0 spiro atoms. The van der Waals surface area contributed by atoms with Gasteiger partial charge in [0.25, 0.3) is 0 Å². The van der Waals surface area contributed by atoms with Crippen LogP contribution in [-0.4, -0.2) is 16.6 Å². The van der Waals surface area contributed by atoms with Gasteiger partial charge in [0.05, 0.1) is 5.57 Å². The number of carboxylic acid groups (broad SMARTS) is 1. The minimum atomic E-state index is -0.929. The van der Waals surface area contributed by atoms with Crippen molar-refractivity contribution in [3.05, 3.63) is 11.6 Å². The van der Waals surface area contributed by atoms with Crippen LogP contribution >= 0.6 is 0 Å². The maximum Gasteiger partial charge on any atom is 0.333 e. The molecule has 0 aromatic heterocycles. The quantitative estimate of drug-likeness (QED) is 0.685. The molecule has 3 nitrogen and oxygen atoms in total. The summed E-state index contributed by atoms with van der Waals surface area (Å²) in [6.45, 7) is 9.62. The van der Waals surface area contributed by atoms with Crippen LogP contribution in [0, 0.1) is 5.41 Å². The fourth-order valence-electron chi connectivity index (χ4n) is 1.89. The molecule has 0 aliphatic heterocycles. The van der Waals surface area contributed by atoms with E-state index in [4.69, 9.17) is 10.8 Å². The predicted molar refractivity (Wildman–Crippen MR) is 58.1 cm³/mol. The van der Waals surface area contributed by atoms with Gasteiger partial charge in [-0.15, -0.1) is 0 Å². The number of nitrogens with two attached hydrogens (primary N) is 1. The first-order valence-electron chi connectivity index (χ1n) is 4.79. The molecule has 0 saturated carbocycles. The van der Waals surface area contributed by atoms with Crippen molar-refractivity contribution in [2.75, 3.05) is 0 Å². The molecule has 0 amide bonds. The Morgan fingerprint density at radius 3 is 2.00 bits per heavy atom. The molecule has 0 radical (unpaired) electrons. The summed E-state index contributed by atoms with van der Waals surface area (Å²) >= 11 is 0. The molecule has 0 aromatic carbocycles. The van der Waals surface area contributed by atoms with E-state index >= 15 is 0 Å². The van der Waals surface area contributed by atoms with Gasteiger partial charge in [0.15, 0.2) is 0 Å². The van der Waals surface area contributed by atoms with E-state index in [-0.39, 0.29) is 11.0 Å². The van der Waals surface area contributed by atoms with Gasteiger partial charge in [0.2, 0.25) is 0 Å². The number of carbonyl (C=O) groups is 1. The molecule has 0 aliphatic rings. The van der Waals surface area contributed by atoms with Gasteiger partial charge in [0.1, 0.15) is 0 Å². The van der Waals surface area contributed by atoms with Crippen molar-refractivity contribution in [3.63, 3.8) is 0 Å². The summed E-state index contributed by atoms with van der Waals surface area (Å²) in [4.78, 5) is 10.9. The largest absolute Gasteiger partial charge is 0.478 e. The highest BCUT2D eigenvalue weighted by molar-refractivity contribution is 5.89. The first kappa shape index (κ1) is 13.2. The van der Waals surface area contributed by atoms with Crippen LogP contribution in [0.2, 0.25) is 0 Å². The number of hydrogen-bond donors (Lipinski definition) is 2. The van der Waals surface area contributed by atoms with Crippen LogP contribution in [0.25, 0.3) is 0 Å². The van der Waals surface area contributed by atoms with Crippen LogP contribution in [0.5, 0.6) is 0 Å². The van der Waals surface area contributed by atoms with Gasteiger partial charge in [-0.2, -0.15) is 0 Å². The van der Waals surface area contributed by atoms with Crippen molar-refractivity contribution in [3.8, 4) is 0 Å². The van der Waals surface area contributed by atoms with Crippen LogP contribution < -0.4 is 5.73 Å². The summed E-state index contributed by atoms with van der Waals surface area (Å²) in [5, 5.41) is 8.96. The molecule has 0 bridgehead atoms. The predicted octanol–water partition coefficient (Wildman–Crippen LogP) is 2.17. The fraction of sp³-hybridized carbons (Fsp3) is 0.727. The topological polar surface area (TPSA) is 63.3 Å². The highest BCUT2D eigenvalue weighted by Crippen LogP contribution is 2.30. The molecule has 0 aliphatic carbocycles. The average Bonchev–Trinajstić information content (AvgIpc) is 1.79. The molecule has 82 valence electrons. The first-order valence-corrected chi connectivity index (χ1v) is 4.79. The average molecular weight is 199 g/mol. The van der Waals surface area contributed by atoms with E-state index in [1.54, 1.807) is 19.9 Å². The molecule has 14 heavy (non-hydrogen) atoms. The summed E-state index contributed by atoms with van der Waals surface area (Å²) in [5.74, 6) is -0.929. The molecular weight excluding hydrogens is 178 g/mol. The Hall–Kier alpha value is -0.830. The lowest BCUT2D eigenvalue weighted by Gasteiger charge is -2.32. The summed E-state index contributed by atoms with van der Waals surface area (Å²) in [7, 11) is 0. The Bertz CT molecular complexity index is 247. The molecule has 0 heterocycles. The summed E-state index contributed by atoms with van der Waals surface area (Å²) in [6.07, 6.45) is 2.22. The number of hydrogen-bond acceptors (Lipinski definition) is 2. The molecule has 1 unspecified atom stereocenters. The molecule has 0 fully saturated rings. The van der Waals surface area contributed by atoms with Gasteiger partial charge in [-0.05, 0) is 25.7 Å². The second-order valence-corrected chi connectivity index (χ2v) is 5.16. The lowest BCUT2D eigenvalue weighted by molar-refractivity contribution is -0.133. The van der Waals surface area contributed by atoms with Crippen molar-refractivity contribution in [2.45, 2.75) is 46.6 Å². The number of rotatable bonds is 3. The number of carboxylic acids is 1. The summed E-state index contributed by atoms with van der Waals surface area (Å²) in [6, 6.07) is 0. The third kappa shape index (κ3) is 3.92. The minimum Gasteiger partial charge on any atom is -0.478 e. The van der Waals surface area contributed by atoms with E-state index in [9.17, 15) is 4.79 Å². The maximum absolute atomic E-state index is 10.9. The van der Waals surface area contributed by atoms with Gasteiger partial charge in [-0.3, -0.25) is 0 Å². The van der Waals surface area contributed by atoms with Gasteiger partial charge < -0.3 is 10.8 Å². The lowest BCUT2D eigenvalue weighted by Crippen LogP contribution is -2.44. The Morgan fingerprint density at radius 1 is 1.36 bits per heavy atom. The molecular formula is C11H21NO2. The van der Waals surface area contributed by atoms with E-state index in [0.717, 1.165) is 0 Å². The number of allylic oxidation sites excluding steroid dienone is 1. The second-order valence-electron chi connectivity index (χ2n) is 5.16. The van der Waals surface area contributed by atoms with E-state index < -0.39 is 11.5 Å². The van der Waals surface area contributed by atoms with Gasteiger partial charge in [-0.1, -0.05) is 26.8 Å². The summed E-state index contributed by atoms with van der Waals surface area (Å²) < 4.78 is 0. The zero-order valence-corrected chi connectivity index (χ0v) is 9.72. The maximum atomic E-state index is 10.9. The Labute approximate surface area is 86.0 Å². The fourth-order valence-corrected chi connectivity index (χ4v) is 1.89. The molecule has 0 aromatic rings. The highest BCUT2D eigenvalue weighted by atomic mass is 16.4. The van der Waals surface area contributed by atoms with E-state index in [1.165, 1.54) is 0 Å². The van der Waals surface area contributed by atoms with Crippen molar-refractivity contribution in [2.24, 2.45) is 11.1 Å². The van der Waals surface area contributed by atoms with Crippen LogP contribution in [0.4, 0.5) is 0 Å². The molecule has 1 atom stereocenters. The van der Waals surface area contributed by atoms with Gasteiger partial charge in [0, 0.05) is 5.54 Å². The SMILES string of the molecule is CC=C(C(=O)O)C(C)(N)CC(C)(C)C. The standard InChI is InChI=1S/C11H21NO2/c1-6-8(9(13)14)11(5,12)7-10(2,3)4/h6H,7,12H2,1-5H3,(H,13,14). The van der Waals surface area contributed by atoms with E-state index in [1.807, 2.05) is 20.8 Å². The highest BCUT2D eigenvalue weighted by Gasteiger charge is 2.32. The van der Waals surface area contributed by atoms with E-state index in [2.05, 4.69) is 0 Å². The Kier molecular flexibility index (Phi) is 3.89. The van der Waals surface area contributed by atoms with Crippen molar-refractivity contribution >= 4 is 5.97 Å². The second kappa shape index (κ2) is 4.13. The normalized spacial score (nSPS) is 17.7. The van der Waals surface area contributed by atoms with E-state index in [0.29, 0.717) is 6.42 Å². The third-order valence-electron chi connectivity index (χ3n) is 2.03. The monoisotopic (exact) mass is 199 g/mol.